The van der Waals surface area contributed by atoms with Gasteiger partial charge in [-0.05, 0) is 17.5 Å². The molecule has 0 atom stereocenters. The first-order valence-electron chi connectivity index (χ1n) is 10.0. The fourth-order valence-corrected chi connectivity index (χ4v) is 5.77. The summed E-state index contributed by atoms with van der Waals surface area (Å²) in [5.41, 5.74) is -0.133. The van der Waals surface area contributed by atoms with Gasteiger partial charge in [0.15, 0.2) is 11.2 Å². The van der Waals surface area contributed by atoms with Crippen LogP contribution in [0.4, 0.5) is 5.69 Å². The molecule has 12 heteroatoms. The quantitative estimate of drug-likeness (QED) is 0.386. The Morgan fingerprint density at radius 2 is 1.79 bits per heavy atom. The van der Waals surface area contributed by atoms with Crippen LogP contribution < -0.4 is 15.6 Å². The molecule has 0 saturated heterocycles. The number of fused-ring (bicyclic) bond motifs is 1. The highest BCUT2D eigenvalue weighted by atomic mass is 32.2. The fraction of sp³-hybridized carbons (Fsp3) is 0.238. The number of benzene rings is 2. The van der Waals surface area contributed by atoms with E-state index in [0.717, 1.165) is 14.3 Å². The molecular weight excluding hydrogens is 450 g/mol. The molecule has 0 spiro atoms. The van der Waals surface area contributed by atoms with Crippen LogP contribution in [0.2, 0.25) is 0 Å². The lowest BCUT2D eigenvalue weighted by atomic mass is 10.1. The van der Waals surface area contributed by atoms with E-state index in [4.69, 9.17) is 4.74 Å². The number of nitrogens with zero attached hydrogens (tertiary/aromatic N) is 5. The summed E-state index contributed by atoms with van der Waals surface area (Å²) >= 11 is 0. The van der Waals surface area contributed by atoms with Gasteiger partial charge < -0.3 is 9.30 Å². The van der Waals surface area contributed by atoms with Crippen molar-refractivity contribution >= 4 is 43.6 Å². The summed E-state index contributed by atoms with van der Waals surface area (Å²) in [6, 6.07) is 10.2. The number of anilines is 1. The molecule has 3 heterocycles. The Hall–Kier alpha value is -3.93. The van der Waals surface area contributed by atoms with Gasteiger partial charge in [-0.1, -0.05) is 24.3 Å². The zero-order chi connectivity index (χ0) is 23.5. The van der Waals surface area contributed by atoms with Crippen LogP contribution >= 0.6 is 0 Å². The van der Waals surface area contributed by atoms with Crippen LogP contribution in [0, 0.1) is 0 Å². The van der Waals surface area contributed by atoms with E-state index in [9.17, 15) is 22.8 Å². The Morgan fingerprint density at radius 1 is 1.06 bits per heavy atom. The lowest BCUT2D eigenvalue weighted by Crippen LogP contribution is -2.37. The van der Waals surface area contributed by atoms with Crippen LogP contribution in [-0.4, -0.2) is 46.2 Å². The van der Waals surface area contributed by atoms with Gasteiger partial charge in [-0.15, -0.1) is 0 Å². The van der Waals surface area contributed by atoms with Crippen molar-refractivity contribution in [1.29, 1.82) is 0 Å². The number of sulfonamides is 1. The standard InChI is InChI=1S/C21H19N5O6S/c1-23-19-18(20(28)24(2)21(23)29)25(12-22-19)9-10-32-16(27)11-26-14-7-3-5-13-6-4-8-15(17(13)14)33(26,30)31/h3-8,12H,9-11H2,1-2H3. The van der Waals surface area contributed by atoms with Crippen molar-refractivity contribution in [1.82, 2.24) is 18.7 Å². The van der Waals surface area contributed by atoms with Gasteiger partial charge in [0.05, 0.1) is 23.5 Å². The molecule has 33 heavy (non-hydrogen) atoms. The number of hydrogen-bond donors (Lipinski definition) is 0. The second kappa shape index (κ2) is 7.30. The molecule has 0 aliphatic carbocycles. The molecule has 0 amide bonds. The molecule has 0 radical (unpaired) electrons. The number of aryl methyl sites for hydroxylation is 1. The zero-order valence-corrected chi connectivity index (χ0v) is 18.6. The molecule has 4 aromatic rings. The Kier molecular flexibility index (Phi) is 4.64. The molecule has 170 valence electrons. The van der Waals surface area contributed by atoms with Crippen molar-refractivity contribution in [2.45, 2.75) is 11.4 Å². The second-order valence-corrected chi connectivity index (χ2v) is 9.51. The summed E-state index contributed by atoms with van der Waals surface area (Å²) in [5, 5.41) is 1.35. The number of carbonyl (C=O) groups is 1. The Labute approximate surface area is 187 Å². The zero-order valence-electron chi connectivity index (χ0n) is 17.8. The van der Waals surface area contributed by atoms with Gasteiger partial charge in [0.1, 0.15) is 13.2 Å². The maximum atomic E-state index is 13.0. The number of imidazole rings is 1. The lowest BCUT2D eigenvalue weighted by Gasteiger charge is -2.18. The molecule has 5 rings (SSSR count). The maximum absolute atomic E-state index is 13.0. The first-order chi connectivity index (χ1) is 15.7. The Morgan fingerprint density at radius 3 is 2.55 bits per heavy atom. The van der Waals surface area contributed by atoms with E-state index in [2.05, 4.69) is 4.98 Å². The van der Waals surface area contributed by atoms with Crippen LogP contribution in [0.25, 0.3) is 21.9 Å². The van der Waals surface area contributed by atoms with Gasteiger partial charge in [0, 0.05) is 19.5 Å². The summed E-state index contributed by atoms with van der Waals surface area (Å²) in [6.07, 6.45) is 1.39. The van der Waals surface area contributed by atoms with Crippen LogP contribution in [-0.2, 0) is 40.2 Å². The lowest BCUT2D eigenvalue weighted by molar-refractivity contribution is -0.142. The number of carbonyl (C=O) groups excluding carboxylic acids is 1. The van der Waals surface area contributed by atoms with Crippen molar-refractivity contribution in [3.05, 3.63) is 63.6 Å². The summed E-state index contributed by atoms with van der Waals surface area (Å²) in [5.74, 6) is -0.729. The smallest absolute Gasteiger partial charge is 0.332 e. The highest BCUT2D eigenvalue weighted by Gasteiger charge is 2.36. The third kappa shape index (κ3) is 3.05. The van der Waals surface area contributed by atoms with Gasteiger partial charge in [-0.3, -0.25) is 23.0 Å². The molecule has 0 bridgehead atoms. The van der Waals surface area contributed by atoms with Crippen LogP contribution in [0.15, 0.2) is 57.2 Å². The van der Waals surface area contributed by atoms with E-state index in [1.807, 2.05) is 12.1 Å². The van der Waals surface area contributed by atoms with Gasteiger partial charge in [0.25, 0.3) is 15.6 Å². The Balaban J connectivity index is 1.33. The van der Waals surface area contributed by atoms with E-state index < -0.39 is 33.8 Å². The van der Waals surface area contributed by atoms with E-state index in [-0.39, 0.29) is 29.2 Å². The average molecular weight is 469 g/mol. The van der Waals surface area contributed by atoms with E-state index in [1.54, 1.807) is 18.2 Å². The van der Waals surface area contributed by atoms with Crippen molar-refractivity contribution in [2.75, 3.05) is 17.5 Å². The summed E-state index contributed by atoms with van der Waals surface area (Å²) in [4.78, 5) is 41.3. The minimum absolute atomic E-state index is 0.109. The van der Waals surface area contributed by atoms with Gasteiger partial charge in [-0.2, -0.15) is 0 Å². The molecule has 11 nitrogen and oxygen atoms in total. The van der Waals surface area contributed by atoms with Crippen molar-refractivity contribution in [3.63, 3.8) is 0 Å². The van der Waals surface area contributed by atoms with E-state index >= 15 is 0 Å². The number of ether oxygens (including phenoxy) is 1. The molecule has 0 fully saturated rings. The predicted molar refractivity (Wildman–Crippen MR) is 120 cm³/mol. The first kappa shape index (κ1) is 20.9. The SMILES string of the molecule is Cn1c(=O)c2c(ncn2CCOC(=O)CN2c3cccc4cccc(c34)S2(=O)=O)n(C)c1=O. The molecule has 2 aromatic heterocycles. The van der Waals surface area contributed by atoms with Gasteiger partial charge in [0.2, 0.25) is 0 Å². The largest absolute Gasteiger partial charge is 0.462 e. The summed E-state index contributed by atoms with van der Waals surface area (Å²) in [6.45, 7) is -0.476. The first-order valence-corrected chi connectivity index (χ1v) is 11.5. The molecule has 0 unspecified atom stereocenters. The summed E-state index contributed by atoms with van der Waals surface area (Å²) in [7, 11) is -0.987. The van der Waals surface area contributed by atoms with E-state index in [0.29, 0.717) is 11.1 Å². The molecule has 2 aromatic carbocycles. The second-order valence-electron chi connectivity index (χ2n) is 7.68. The van der Waals surface area contributed by atoms with Gasteiger partial charge >= 0.3 is 11.7 Å². The highest BCUT2D eigenvalue weighted by Crippen LogP contribution is 2.41. The van der Waals surface area contributed by atoms with Crippen molar-refractivity contribution < 1.29 is 17.9 Å². The van der Waals surface area contributed by atoms with Gasteiger partial charge in [-0.25, -0.2) is 18.2 Å². The normalized spacial score (nSPS) is 14.3. The minimum Gasteiger partial charge on any atom is -0.462 e. The monoisotopic (exact) mass is 469 g/mol. The third-order valence-corrected chi connectivity index (χ3v) is 7.57. The van der Waals surface area contributed by atoms with Crippen LogP contribution in [0.3, 0.4) is 0 Å². The molecular formula is C21H19N5O6S. The maximum Gasteiger partial charge on any atom is 0.332 e. The number of rotatable bonds is 5. The molecule has 1 aliphatic rings. The third-order valence-electron chi connectivity index (χ3n) is 5.77. The van der Waals surface area contributed by atoms with Crippen LogP contribution in [0.1, 0.15) is 0 Å². The minimum atomic E-state index is -3.87. The van der Waals surface area contributed by atoms with Crippen molar-refractivity contribution in [3.8, 4) is 0 Å². The van der Waals surface area contributed by atoms with E-state index in [1.165, 1.54) is 35.6 Å². The Bertz CT molecular complexity index is 1680. The fourth-order valence-electron chi connectivity index (χ4n) is 4.12. The number of aromatic nitrogens is 4. The predicted octanol–water partition coefficient (Wildman–Crippen LogP) is 0.339. The molecule has 0 N–H and O–H groups in total. The number of hydrogen-bond acceptors (Lipinski definition) is 7. The van der Waals surface area contributed by atoms with Crippen LogP contribution in [0.5, 0.6) is 0 Å². The number of esters is 1. The highest BCUT2D eigenvalue weighted by molar-refractivity contribution is 7.93. The summed E-state index contributed by atoms with van der Waals surface area (Å²) < 4.78 is 36.0. The topological polar surface area (TPSA) is 126 Å². The average Bonchev–Trinajstić information content (AvgIpc) is 3.31. The molecule has 0 saturated carbocycles. The van der Waals surface area contributed by atoms with Crippen molar-refractivity contribution in [2.24, 2.45) is 14.1 Å². The molecule has 1 aliphatic heterocycles.